The van der Waals surface area contributed by atoms with E-state index in [9.17, 15) is 9.59 Å². The van der Waals surface area contributed by atoms with Crippen molar-refractivity contribution >= 4 is 17.5 Å². The minimum absolute atomic E-state index is 0.0901. The van der Waals surface area contributed by atoms with Crippen LogP contribution in [0.15, 0.2) is 18.2 Å². The summed E-state index contributed by atoms with van der Waals surface area (Å²) >= 11 is 0. The van der Waals surface area contributed by atoms with Crippen LogP contribution in [0.25, 0.3) is 0 Å². The SMILES string of the molecule is CN1C(=O)CCC(NC2CCc3cc(N)ccc32)C1=O. The first kappa shape index (κ1) is 13.1. The summed E-state index contributed by atoms with van der Waals surface area (Å²) in [5.74, 6) is -0.210. The van der Waals surface area contributed by atoms with Crippen molar-refractivity contribution in [2.45, 2.75) is 37.8 Å². The lowest BCUT2D eigenvalue weighted by atomic mass is 10.0. The van der Waals surface area contributed by atoms with Crippen LogP contribution in [0.1, 0.15) is 36.4 Å². The van der Waals surface area contributed by atoms with Gasteiger partial charge in [0.1, 0.15) is 0 Å². The fourth-order valence-corrected chi connectivity index (χ4v) is 3.12. The lowest BCUT2D eigenvalue weighted by Crippen LogP contribution is -2.52. The molecule has 0 radical (unpaired) electrons. The van der Waals surface area contributed by atoms with Crippen molar-refractivity contribution in [3.8, 4) is 0 Å². The summed E-state index contributed by atoms with van der Waals surface area (Å²) in [6.07, 6.45) is 2.97. The Hall–Kier alpha value is -1.88. The van der Waals surface area contributed by atoms with Crippen molar-refractivity contribution in [3.63, 3.8) is 0 Å². The Balaban J connectivity index is 1.74. The van der Waals surface area contributed by atoms with Crippen LogP contribution in [0.5, 0.6) is 0 Å². The Morgan fingerprint density at radius 3 is 2.75 bits per heavy atom. The van der Waals surface area contributed by atoms with E-state index in [2.05, 4.69) is 5.32 Å². The maximum atomic E-state index is 12.1. The molecule has 20 heavy (non-hydrogen) atoms. The second-order valence-electron chi connectivity index (χ2n) is 5.60. The number of aryl methyl sites for hydroxylation is 1. The molecule has 0 bridgehead atoms. The number of likely N-dealkylation sites (N-methyl/N-ethyl adjacent to an activating group) is 1. The molecule has 1 aromatic rings. The molecular formula is C15H19N3O2. The van der Waals surface area contributed by atoms with Crippen LogP contribution in [0.4, 0.5) is 5.69 Å². The van der Waals surface area contributed by atoms with Gasteiger partial charge in [-0.05, 0) is 42.5 Å². The van der Waals surface area contributed by atoms with Gasteiger partial charge in [0.15, 0.2) is 0 Å². The van der Waals surface area contributed by atoms with E-state index in [1.165, 1.54) is 16.0 Å². The first-order valence-corrected chi connectivity index (χ1v) is 7.01. The van der Waals surface area contributed by atoms with E-state index in [0.717, 1.165) is 18.5 Å². The molecule has 1 aliphatic heterocycles. The molecule has 1 fully saturated rings. The van der Waals surface area contributed by atoms with Crippen molar-refractivity contribution in [2.24, 2.45) is 0 Å². The predicted molar refractivity (Wildman–Crippen MR) is 75.9 cm³/mol. The molecule has 106 valence electrons. The van der Waals surface area contributed by atoms with Crippen molar-refractivity contribution in [1.29, 1.82) is 0 Å². The molecule has 0 saturated carbocycles. The van der Waals surface area contributed by atoms with Gasteiger partial charge >= 0.3 is 0 Å². The number of fused-ring (bicyclic) bond motifs is 1. The number of imide groups is 1. The molecule has 3 rings (SSSR count). The molecule has 2 aliphatic rings. The maximum absolute atomic E-state index is 12.1. The first-order valence-electron chi connectivity index (χ1n) is 7.01. The fourth-order valence-electron chi connectivity index (χ4n) is 3.12. The van der Waals surface area contributed by atoms with Gasteiger partial charge in [-0.2, -0.15) is 0 Å². The third-order valence-corrected chi connectivity index (χ3v) is 4.30. The summed E-state index contributed by atoms with van der Waals surface area (Å²) in [6.45, 7) is 0. The summed E-state index contributed by atoms with van der Waals surface area (Å²) in [7, 11) is 1.56. The molecule has 1 heterocycles. The fraction of sp³-hybridized carbons (Fsp3) is 0.467. The average Bonchev–Trinajstić information content (AvgIpc) is 2.82. The van der Waals surface area contributed by atoms with Crippen molar-refractivity contribution in [2.75, 3.05) is 12.8 Å². The molecule has 0 aromatic heterocycles. The number of anilines is 1. The zero-order valence-electron chi connectivity index (χ0n) is 11.6. The first-order chi connectivity index (χ1) is 9.56. The smallest absolute Gasteiger partial charge is 0.246 e. The van der Waals surface area contributed by atoms with Gasteiger partial charge in [-0.1, -0.05) is 6.07 Å². The highest BCUT2D eigenvalue weighted by molar-refractivity contribution is 6.00. The number of rotatable bonds is 2. The van der Waals surface area contributed by atoms with Crippen LogP contribution < -0.4 is 11.1 Å². The normalized spacial score (nSPS) is 25.9. The van der Waals surface area contributed by atoms with E-state index in [1.807, 2.05) is 18.2 Å². The van der Waals surface area contributed by atoms with E-state index in [1.54, 1.807) is 7.05 Å². The number of nitrogens with zero attached hydrogens (tertiary/aromatic N) is 1. The number of hydrogen-bond donors (Lipinski definition) is 2. The standard InChI is InChI=1S/C15H19N3O2/c1-18-14(19)7-6-13(15(18)20)17-12-5-2-9-8-10(16)3-4-11(9)12/h3-4,8,12-13,17H,2,5-7,16H2,1H3. The van der Waals surface area contributed by atoms with Crippen LogP contribution in [-0.4, -0.2) is 29.8 Å². The van der Waals surface area contributed by atoms with Crippen molar-refractivity contribution in [1.82, 2.24) is 10.2 Å². The molecule has 2 amide bonds. The summed E-state index contributed by atoms with van der Waals surface area (Å²) in [5, 5.41) is 3.41. The molecule has 2 unspecified atom stereocenters. The number of nitrogens with one attached hydrogen (secondary N) is 1. The van der Waals surface area contributed by atoms with Gasteiger partial charge in [0.25, 0.3) is 0 Å². The largest absolute Gasteiger partial charge is 0.399 e. The van der Waals surface area contributed by atoms with E-state index in [-0.39, 0.29) is 23.9 Å². The van der Waals surface area contributed by atoms with Gasteiger partial charge in [-0.15, -0.1) is 0 Å². The molecule has 0 spiro atoms. The molecule has 1 aromatic carbocycles. The van der Waals surface area contributed by atoms with Gasteiger partial charge in [0.05, 0.1) is 6.04 Å². The van der Waals surface area contributed by atoms with E-state index in [0.29, 0.717) is 12.8 Å². The van der Waals surface area contributed by atoms with Crippen LogP contribution in [-0.2, 0) is 16.0 Å². The van der Waals surface area contributed by atoms with Crippen LogP contribution in [0, 0.1) is 0 Å². The van der Waals surface area contributed by atoms with Gasteiger partial charge < -0.3 is 5.73 Å². The molecular weight excluding hydrogens is 254 g/mol. The lowest BCUT2D eigenvalue weighted by molar-refractivity contribution is -0.148. The average molecular weight is 273 g/mol. The third kappa shape index (κ3) is 2.18. The zero-order valence-corrected chi connectivity index (χ0v) is 11.6. The second kappa shape index (κ2) is 4.90. The maximum Gasteiger partial charge on any atom is 0.246 e. The minimum atomic E-state index is -0.258. The topological polar surface area (TPSA) is 75.4 Å². The number of carbonyl (C=O) groups excluding carboxylic acids is 2. The second-order valence-corrected chi connectivity index (χ2v) is 5.60. The molecule has 5 heteroatoms. The van der Waals surface area contributed by atoms with Crippen molar-refractivity contribution in [3.05, 3.63) is 29.3 Å². The van der Waals surface area contributed by atoms with Gasteiger partial charge in [0.2, 0.25) is 11.8 Å². The number of nitrogen functional groups attached to an aromatic ring is 1. The quantitative estimate of drug-likeness (QED) is 0.622. The highest BCUT2D eigenvalue weighted by Gasteiger charge is 2.34. The Labute approximate surface area is 118 Å². The third-order valence-electron chi connectivity index (χ3n) is 4.30. The van der Waals surface area contributed by atoms with Crippen molar-refractivity contribution < 1.29 is 9.59 Å². The number of amides is 2. The summed E-state index contributed by atoms with van der Waals surface area (Å²) < 4.78 is 0. The highest BCUT2D eigenvalue weighted by Crippen LogP contribution is 2.33. The number of nitrogens with two attached hydrogens (primary N) is 1. The monoisotopic (exact) mass is 273 g/mol. The number of hydrogen-bond acceptors (Lipinski definition) is 4. The summed E-state index contributed by atoms with van der Waals surface area (Å²) in [5.41, 5.74) is 9.07. The minimum Gasteiger partial charge on any atom is -0.399 e. The van der Waals surface area contributed by atoms with Gasteiger partial charge in [-0.25, -0.2) is 0 Å². The number of piperidine rings is 1. The Bertz CT molecular complexity index is 570. The van der Waals surface area contributed by atoms with Crippen LogP contribution >= 0.6 is 0 Å². The Morgan fingerprint density at radius 1 is 1.20 bits per heavy atom. The number of likely N-dealkylation sites (tertiary alicyclic amines) is 1. The molecule has 5 nitrogen and oxygen atoms in total. The molecule has 2 atom stereocenters. The van der Waals surface area contributed by atoms with E-state index < -0.39 is 0 Å². The van der Waals surface area contributed by atoms with Gasteiger partial charge in [-0.3, -0.25) is 19.8 Å². The number of benzene rings is 1. The molecule has 1 aliphatic carbocycles. The van der Waals surface area contributed by atoms with Crippen LogP contribution in [0.2, 0.25) is 0 Å². The molecule has 1 saturated heterocycles. The zero-order chi connectivity index (χ0) is 14.3. The van der Waals surface area contributed by atoms with Crippen LogP contribution in [0.3, 0.4) is 0 Å². The summed E-state index contributed by atoms with van der Waals surface area (Å²) in [6, 6.07) is 5.87. The Kier molecular flexibility index (Phi) is 3.22. The Morgan fingerprint density at radius 2 is 1.95 bits per heavy atom. The lowest BCUT2D eigenvalue weighted by Gasteiger charge is -2.30. The highest BCUT2D eigenvalue weighted by atomic mass is 16.2. The van der Waals surface area contributed by atoms with E-state index >= 15 is 0 Å². The summed E-state index contributed by atoms with van der Waals surface area (Å²) in [4.78, 5) is 24.8. The van der Waals surface area contributed by atoms with E-state index in [4.69, 9.17) is 5.73 Å². The predicted octanol–water partition coefficient (Wildman–Crippen LogP) is 0.993. The number of carbonyl (C=O) groups is 2. The molecule has 3 N–H and O–H groups in total. The van der Waals surface area contributed by atoms with Gasteiger partial charge in [0, 0.05) is 25.2 Å².